The molecule has 0 bridgehead atoms. The van der Waals surface area contributed by atoms with Gasteiger partial charge in [0.25, 0.3) is 0 Å². The number of rotatable bonds is 6. The van der Waals surface area contributed by atoms with Crippen LogP contribution in [0.25, 0.3) is 0 Å². The molecule has 2 N–H and O–H groups in total. The Labute approximate surface area is 86.0 Å². The molecule has 1 fully saturated rings. The van der Waals surface area contributed by atoms with Crippen molar-refractivity contribution in [3.63, 3.8) is 0 Å². The summed E-state index contributed by atoms with van der Waals surface area (Å²) in [5.41, 5.74) is 4.94. The molecule has 2 atom stereocenters. The number of nitrogens with two attached hydrogens (primary N) is 1. The van der Waals surface area contributed by atoms with Crippen LogP contribution in [0, 0.1) is 5.41 Å². The molecule has 0 aromatic heterocycles. The van der Waals surface area contributed by atoms with E-state index in [1.807, 2.05) is 6.92 Å². The van der Waals surface area contributed by atoms with E-state index in [1.54, 1.807) is 0 Å². The lowest BCUT2D eigenvalue weighted by atomic mass is 9.77. The van der Waals surface area contributed by atoms with Crippen molar-refractivity contribution in [2.45, 2.75) is 52.1 Å². The average molecular weight is 199 g/mol. The molecular weight excluding hydrogens is 178 g/mol. The van der Waals surface area contributed by atoms with E-state index >= 15 is 0 Å². The molecule has 0 aliphatic carbocycles. The first-order chi connectivity index (χ1) is 6.61. The maximum absolute atomic E-state index is 11.1. The van der Waals surface area contributed by atoms with Crippen LogP contribution in [-0.2, 0) is 9.53 Å². The topological polar surface area (TPSA) is 52.3 Å². The molecule has 1 aliphatic rings. The maximum atomic E-state index is 11.1. The van der Waals surface area contributed by atoms with Crippen LogP contribution in [-0.4, -0.2) is 18.6 Å². The van der Waals surface area contributed by atoms with Crippen molar-refractivity contribution >= 4 is 5.91 Å². The highest BCUT2D eigenvalue weighted by atomic mass is 16.5. The van der Waals surface area contributed by atoms with E-state index in [0.29, 0.717) is 6.61 Å². The molecule has 1 heterocycles. The summed E-state index contributed by atoms with van der Waals surface area (Å²) in [6.45, 7) is 4.59. The molecule has 3 heteroatoms. The third kappa shape index (κ3) is 2.27. The predicted octanol–water partition coefficient (Wildman–Crippen LogP) is 1.85. The Hall–Kier alpha value is -0.570. The van der Waals surface area contributed by atoms with Crippen molar-refractivity contribution in [3.8, 4) is 0 Å². The summed E-state index contributed by atoms with van der Waals surface area (Å²) in [5.74, 6) is -0.218. The lowest BCUT2D eigenvalue weighted by Crippen LogP contribution is -2.57. The highest BCUT2D eigenvalue weighted by molar-refractivity contribution is 5.82. The molecule has 0 aromatic rings. The second kappa shape index (κ2) is 4.78. The SMILES string of the molecule is CCCCCCC1OCC1(C)C(N)=O. The molecule has 0 radical (unpaired) electrons. The van der Waals surface area contributed by atoms with Crippen molar-refractivity contribution in [1.82, 2.24) is 0 Å². The molecule has 1 rings (SSSR count). The first kappa shape index (κ1) is 11.5. The quantitative estimate of drug-likeness (QED) is 0.664. The van der Waals surface area contributed by atoms with Gasteiger partial charge in [-0.2, -0.15) is 0 Å². The highest BCUT2D eigenvalue weighted by Crippen LogP contribution is 2.37. The summed E-state index contributed by atoms with van der Waals surface area (Å²) in [5, 5.41) is 0. The lowest BCUT2D eigenvalue weighted by molar-refractivity contribution is -0.188. The Kier molecular flexibility index (Phi) is 3.93. The van der Waals surface area contributed by atoms with Crippen LogP contribution in [0.4, 0.5) is 0 Å². The Bertz CT molecular complexity index is 205. The number of amides is 1. The normalized spacial score (nSPS) is 31.1. The Morgan fingerprint density at radius 2 is 2.21 bits per heavy atom. The summed E-state index contributed by atoms with van der Waals surface area (Å²) in [6, 6.07) is 0. The van der Waals surface area contributed by atoms with Crippen LogP contribution in [0.15, 0.2) is 0 Å². The average Bonchev–Trinajstić information content (AvgIpc) is 2.14. The molecule has 0 spiro atoms. The molecule has 2 unspecified atom stereocenters. The maximum Gasteiger partial charge on any atom is 0.228 e. The molecule has 1 amide bonds. The fourth-order valence-corrected chi connectivity index (χ4v) is 1.84. The van der Waals surface area contributed by atoms with E-state index in [0.717, 1.165) is 12.8 Å². The minimum Gasteiger partial charge on any atom is -0.376 e. The second-order valence-corrected chi connectivity index (χ2v) is 4.43. The minimum absolute atomic E-state index is 0.0665. The molecular formula is C11H21NO2. The molecule has 1 aliphatic heterocycles. The summed E-state index contributed by atoms with van der Waals surface area (Å²) in [4.78, 5) is 11.1. The molecule has 1 saturated heterocycles. The van der Waals surface area contributed by atoms with Gasteiger partial charge in [-0.15, -0.1) is 0 Å². The molecule has 0 aromatic carbocycles. The Morgan fingerprint density at radius 3 is 2.64 bits per heavy atom. The van der Waals surface area contributed by atoms with Crippen LogP contribution < -0.4 is 5.73 Å². The van der Waals surface area contributed by atoms with E-state index in [-0.39, 0.29) is 12.0 Å². The van der Waals surface area contributed by atoms with E-state index in [9.17, 15) is 4.79 Å². The monoisotopic (exact) mass is 199 g/mol. The predicted molar refractivity (Wildman–Crippen MR) is 55.8 cm³/mol. The van der Waals surface area contributed by atoms with E-state index in [4.69, 9.17) is 10.5 Å². The van der Waals surface area contributed by atoms with Crippen molar-refractivity contribution in [1.29, 1.82) is 0 Å². The summed E-state index contributed by atoms with van der Waals surface area (Å²) in [7, 11) is 0. The summed E-state index contributed by atoms with van der Waals surface area (Å²) >= 11 is 0. The van der Waals surface area contributed by atoms with Crippen molar-refractivity contribution in [3.05, 3.63) is 0 Å². The van der Waals surface area contributed by atoms with Crippen LogP contribution in [0.5, 0.6) is 0 Å². The largest absolute Gasteiger partial charge is 0.376 e. The van der Waals surface area contributed by atoms with E-state index < -0.39 is 5.41 Å². The zero-order valence-corrected chi connectivity index (χ0v) is 9.21. The van der Waals surface area contributed by atoms with Gasteiger partial charge in [-0.3, -0.25) is 4.79 Å². The Morgan fingerprint density at radius 1 is 1.50 bits per heavy atom. The first-order valence-corrected chi connectivity index (χ1v) is 5.52. The van der Waals surface area contributed by atoms with Gasteiger partial charge in [-0.1, -0.05) is 32.6 Å². The van der Waals surface area contributed by atoms with Crippen molar-refractivity contribution in [2.75, 3.05) is 6.61 Å². The van der Waals surface area contributed by atoms with Crippen molar-refractivity contribution in [2.24, 2.45) is 11.1 Å². The fourth-order valence-electron chi connectivity index (χ4n) is 1.84. The van der Waals surface area contributed by atoms with Gasteiger partial charge in [0, 0.05) is 0 Å². The second-order valence-electron chi connectivity index (χ2n) is 4.43. The van der Waals surface area contributed by atoms with Crippen LogP contribution in [0.2, 0.25) is 0 Å². The molecule has 82 valence electrons. The fraction of sp³-hybridized carbons (Fsp3) is 0.909. The number of primary amides is 1. The van der Waals surface area contributed by atoms with Gasteiger partial charge in [0.15, 0.2) is 0 Å². The van der Waals surface area contributed by atoms with Gasteiger partial charge < -0.3 is 10.5 Å². The molecule has 14 heavy (non-hydrogen) atoms. The first-order valence-electron chi connectivity index (χ1n) is 5.52. The van der Waals surface area contributed by atoms with E-state index in [2.05, 4.69) is 6.92 Å². The summed E-state index contributed by atoms with van der Waals surface area (Å²) < 4.78 is 5.39. The number of carbonyl (C=O) groups is 1. The Balaban J connectivity index is 2.22. The van der Waals surface area contributed by atoms with Crippen LogP contribution in [0.3, 0.4) is 0 Å². The van der Waals surface area contributed by atoms with Gasteiger partial charge in [0.1, 0.15) is 0 Å². The van der Waals surface area contributed by atoms with E-state index in [1.165, 1.54) is 19.3 Å². The third-order valence-electron chi connectivity index (χ3n) is 3.18. The number of carbonyl (C=O) groups excluding carboxylic acids is 1. The number of hydrogen-bond acceptors (Lipinski definition) is 2. The third-order valence-corrected chi connectivity index (χ3v) is 3.18. The molecule has 3 nitrogen and oxygen atoms in total. The van der Waals surface area contributed by atoms with Gasteiger partial charge in [-0.05, 0) is 13.3 Å². The van der Waals surface area contributed by atoms with Crippen LogP contribution in [0.1, 0.15) is 46.0 Å². The number of ether oxygens (including phenoxy) is 1. The van der Waals surface area contributed by atoms with Gasteiger partial charge in [0.05, 0.1) is 18.1 Å². The van der Waals surface area contributed by atoms with Gasteiger partial charge >= 0.3 is 0 Å². The zero-order valence-electron chi connectivity index (χ0n) is 9.21. The number of unbranched alkanes of at least 4 members (excludes halogenated alkanes) is 3. The summed E-state index contributed by atoms with van der Waals surface area (Å²) in [6.07, 6.45) is 5.90. The van der Waals surface area contributed by atoms with Crippen LogP contribution >= 0.6 is 0 Å². The van der Waals surface area contributed by atoms with Gasteiger partial charge in [-0.25, -0.2) is 0 Å². The lowest BCUT2D eigenvalue weighted by Gasteiger charge is -2.44. The standard InChI is InChI=1S/C11H21NO2/c1-3-4-5-6-7-9-11(2,8-14-9)10(12)13/h9H,3-8H2,1-2H3,(H2,12,13). The van der Waals surface area contributed by atoms with Gasteiger partial charge in [0.2, 0.25) is 5.91 Å². The van der Waals surface area contributed by atoms with Crippen molar-refractivity contribution < 1.29 is 9.53 Å². The number of hydrogen-bond donors (Lipinski definition) is 1. The minimum atomic E-state index is -0.397. The zero-order chi connectivity index (χ0) is 10.6. The highest BCUT2D eigenvalue weighted by Gasteiger charge is 2.48. The molecule has 0 saturated carbocycles. The smallest absolute Gasteiger partial charge is 0.228 e.